The highest BCUT2D eigenvalue weighted by Gasteiger charge is 1.89. The van der Waals surface area contributed by atoms with Crippen molar-refractivity contribution in [1.29, 1.82) is 0 Å². The van der Waals surface area contributed by atoms with Gasteiger partial charge in [-0.25, -0.2) is 0 Å². The lowest BCUT2D eigenvalue weighted by Crippen LogP contribution is -1.79. The molecular weight excluding hydrogens is 200 g/mol. The second kappa shape index (κ2) is 13.8. The van der Waals surface area contributed by atoms with Crippen molar-refractivity contribution >= 4 is 12.6 Å². The SMILES string of the molecule is O=CC=CCCCCCCCCC=CC=O. The zero-order valence-electron chi connectivity index (χ0n) is 9.94. The largest absolute Gasteiger partial charge is 0.299 e. The van der Waals surface area contributed by atoms with Crippen molar-refractivity contribution in [2.75, 3.05) is 0 Å². The normalized spacial score (nSPS) is 11.2. The summed E-state index contributed by atoms with van der Waals surface area (Å²) in [7, 11) is 0. The molecule has 0 bridgehead atoms. The predicted octanol–water partition coefficient (Wildman–Crippen LogP) is 3.62. The Morgan fingerprint density at radius 2 is 0.938 bits per heavy atom. The molecule has 0 unspecified atom stereocenters. The maximum Gasteiger partial charge on any atom is 0.142 e. The molecule has 0 N–H and O–H groups in total. The first-order valence-electron chi connectivity index (χ1n) is 6.12. The van der Waals surface area contributed by atoms with Crippen LogP contribution < -0.4 is 0 Å². The van der Waals surface area contributed by atoms with Crippen LogP contribution in [0.25, 0.3) is 0 Å². The van der Waals surface area contributed by atoms with Gasteiger partial charge in [-0.3, -0.25) is 9.59 Å². The Labute approximate surface area is 98.4 Å². The zero-order chi connectivity index (χ0) is 11.9. The molecule has 0 radical (unpaired) electrons. The molecule has 0 aliphatic heterocycles. The minimum Gasteiger partial charge on any atom is -0.299 e. The van der Waals surface area contributed by atoms with Crippen LogP contribution in [0.1, 0.15) is 51.4 Å². The van der Waals surface area contributed by atoms with Crippen molar-refractivity contribution in [2.24, 2.45) is 0 Å². The van der Waals surface area contributed by atoms with Gasteiger partial charge in [0.25, 0.3) is 0 Å². The van der Waals surface area contributed by atoms with Gasteiger partial charge in [-0.05, 0) is 37.8 Å². The fourth-order valence-electron chi connectivity index (χ4n) is 1.54. The minimum absolute atomic E-state index is 0.826. The smallest absolute Gasteiger partial charge is 0.142 e. The van der Waals surface area contributed by atoms with Gasteiger partial charge >= 0.3 is 0 Å². The van der Waals surface area contributed by atoms with Gasteiger partial charge in [0, 0.05) is 0 Å². The van der Waals surface area contributed by atoms with E-state index in [0.717, 1.165) is 25.4 Å². The maximum absolute atomic E-state index is 9.97. The summed E-state index contributed by atoms with van der Waals surface area (Å²) in [5.74, 6) is 0. The molecule has 0 aliphatic rings. The first-order valence-corrected chi connectivity index (χ1v) is 6.12. The van der Waals surface area contributed by atoms with Gasteiger partial charge in [-0.1, -0.05) is 37.8 Å². The van der Waals surface area contributed by atoms with Crippen molar-refractivity contribution < 1.29 is 9.59 Å². The van der Waals surface area contributed by atoms with Crippen LogP contribution >= 0.6 is 0 Å². The molecule has 0 aromatic heterocycles. The molecule has 0 spiro atoms. The maximum atomic E-state index is 9.97. The highest BCUT2D eigenvalue weighted by atomic mass is 16.1. The topological polar surface area (TPSA) is 34.1 Å². The van der Waals surface area contributed by atoms with Crippen LogP contribution in [0.2, 0.25) is 0 Å². The summed E-state index contributed by atoms with van der Waals surface area (Å²) in [6, 6.07) is 0. The Bertz CT molecular complexity index is 193. The first kappa shape index (κ1) is 14.8. The lowest BCUT2D eigenvalue weighted by molar-refractivity contribution is -0.104. The summed E-state index contributed by atoms with van der Waals surface area (Å²) in [5.41, 5.74) is 0. The third-order valence-corrected chi connectivity index (χ3v) is 2.42. The van der Waals surface area contributed by atoms with Crippen molar-refractivity contribution in [3.8, 4) is 0 Å². The summed E-state index contributed by atoms with van der Waals surface area (Å²) in [6.07, 6.45) is 18.1. The number of aldehydes is 2. The van der Waals surface area contributed by atoms with Crippen LogP contribution in [-0.2, 0) is 9.59 Å². The van der Waals surface area contributed by atoms with E-state index in [-0.39, 0.29) is 0 Å². The highest BCUT2D eigenvalue weighted by molar-refractivity contribution is 5.64. The predicted molar refractivity (Wildman–Crippen MR) is 67.3 cm³/mol. The number of carbonyl (C=O) groups is 2. The fraction of sp³-hybridized carbons (Fsp3) is 0.571. The molecular formula is C14H22O2. The van der Waals surface area contributed by atoms with Gasteiger partial charge in [-0.15, -0.1) is 0 Å². The summed E-state index contributed by atoms with van der Waals surface area (Å²) < 4.78 is 0. The Kier molecular flexibility index (Phi) is 12.8. The second-order valence-electron chi connectivity index (χ2n) is 3.83. The van der Waals surface area contributed by atoms with Gasteiger partial charge in [0.2, 0.25) is 0 Å². The summed E-state index contributed by atoms with van der Waals surface area (Å²) in [4.78, 5) is 19.9. The molecule has 2 heteroatoms. The van der Waals surface area contributed by atoms with Gasteiger partial charge in [0.15, 0.2) is 0 Å². The van der Waals surface area contributed by atoms with Crippen molar-refractivity contribution in [2.45, 2.75) is 51.4 Å². The van der Waals surface area contributed by atoms with Crippen LogP contribution in [0.4, 0.5) is 0 Å². The molecule has 0 saturated heterocycles. The second-order valence-corrected chi connectivity index (χ2v) is 3.83. The van der Waals surface area contributed by atoms with Crippen LogP contribution in [0.3, 0.4) is 0 Å². The first-order chi connectivity index (χ1) is 7.91. The Morgan fingerprint density at radius 1 is 0.562 bits per heavy atom. The molecule has 0 atom stereocenters. The molecule has 0 rings (SSSR count). The number of rotatable bonds is 11. The van der Waals surface area contributed by atoms with Gasteiger partial charge in [-0.2, -0.15) is 0 Å². The average molecular weight is 222 g/mol. The lowest BCUT2D eigenvalue weighted by atomic mass is 10.1. The van der Waals surface area contributed by atoms with E-state index in [4.69, 9.17) is 0 Å². The number of unbranched alkanes of at least 4 members (excludes halogenated alkanes) is 7. The Morgan fingerprint density at radius 3 is 1.31 bits per heavy atom. The molecule has 0 amide bonds. The van der Waals surface area contributed by atoms with Gasteiger partial charge < -0.3 is 0 Å². The van der Waals surface area contributed by atoms with Crippen molar-refractivity contribution in [3.63, 3.8) is 0 Å². The molecule has 0 fully saturated rings. The molecule has 2 nitrogen and oxygen atoms in total. The minimum atomic E-state index is 0.826. The fourth-order valence-corrected chi connectivity index (χ4v) is 1.54. The number of hydrogen-bond donors (Lipinski definition) is 0. The van der Waals surface area contributed by atoms with E-state index >= 15 is 0 Å². The third kappa shape index (κ3) is 12.8. The van der Waals surface area contributed by atoms with E-state index < -0.39 is 0 Å². The lowest BCUT2D eigenvalue weighted by Gasteiger charge is -1.98. The van der Waals surface area contributed by atoms with Gasteiger partial charge in [0.05, 0.1) is 0 Å². The van der Waals surface area contributed by atoms with Crippen LogP contribution in [0.5, 0.6) is 0 Å². The standard InChI is InChI=1S/C14H22O2/c15-13-11-9-7-5-3-1-2-4-6-8-10-12-14-16/h9-14H,1-8H2. The monoisotopic (exact) mass is 222 g/mol. The summed E-state index contributed by atoms with van der Waals surface area (Å²) >= 11 is 0. The number of allylic oxidation sites excluding steroid dienone is 4. The van der Waals surface area contributed by atoms with E-state index in [0.29, 0.717) is 0 Å². The van der Waals surface area contributed by atoms with E-state index in [1.54, 1.807) is 12.2 Å². The van der Waals surface area contributed by atoms with Crippen LogP contribution in [-0.4, -0.2) is 12.6 Å². The van der Waals surface area contributed by atoms with E-state index in [1.807, 2.05) is 12.2 Å². The molecule has 0 aromatic rings. The Hall–Kier alpha value is -1.18. The van der Waals surface area contributed by atoms with Gasteiger partial charge in [0.1, 0.15) is 12.6 Å². The number of carbonyl (C=O) groups excluding carboxylic acids is 2. The van der Waals surface area contributed by atoms with Crippen LogP contribution in [0.15, 0.2) is 24.3 Å². The molecule has 0 saturated carbocycles. The Balaban J connectivity index is 3.03. The molecule has 0 aromatic carbocycles. The quantitative estimate of drug-likeness (QED) is 0.304. The molecule has 0 aliphatic carbocycles. The zero-order valence-corrected chi connectivity index (χ0v) is 9.94. The van der Waals surface area contributed by atoms with E-state index in [1.165, 1.54) is 38.5 Å². The van der Waals surface area contributed by atoms with E-state index in [9.17, 15) is 9.59 Å². The summed E-state index contributed by atoms with van der Waals surface area (Å²) in [6.45, 7) is 0. The third-order valence-electron chi connectivity index (χ3n) is 2.42. The summed E-state index contributed by atoms with van der Waals surface area (Å²) in [5, 5.41) is 0. The highest BCUT2D eigenvalue weighted by Crippen LogP contribution is 2.08. The molecule has 16 heavy (non-hydrogen) atoms. The molecule has 90 valence electrons. The van der Waals surface area contributed by atoms with Crippen molar-refractivity contribution in [1.82, 2.24) is 0 Å². The number of hydrogen-bond acceptors (Lipinski definition) is 2. The van der Waals surface area contributed by atoms with E-state index in [2.05, 4.69) is 0 Å². The molecule has 0 heterocycles. The van der Waals surface area contributed by atoms with Crippen LogP contribution in [0, 0.1) is 0 Å². The van der Waals surface area contributed by atoms with Crippen molar-refractivity contribution in [3.05, 3.63) is 24.3 Å². The average Bonchev–Trinajstić information content (AvgIpc) is 2.31.